The van der Waals surface area contributed by atoms with Crippen LogP contribution < -0.4 is 5.32 Å². The Morgan fingerprint density at radius 1 is 1.19 bits per heavy atom. The Hall–Kier alpha value is -1.75. The van der Waals surface area contributed by atoms with Gasteiger partial charge in [-0.15, -0.1) is 5.10 Å². The van der Waals surface area contributed by atoms with Crippen molar-refractivity contribution in [2.45, 2.75) is 59.5 Å². The Kier molecular flexibility index (Phi) is 4.73. The summed E-state index contributed by atoms with van der Waals surface area (Å²) in [4.78, 5) is 8.98. The van der Waals surface area contributed by atoms with Crippen LogP contribution in [0.4, 0.5) is 0 Å². The Labute approximate surface area is 126 Å². The lowest BCUT2D eigenvalue weighted by Gasteiger charge is -2.20. The van der Waals surface area contributed by atoms with Crippen LogP contribution in [0.2, 0.25) is 0 Å². The molecule has 0 radical (unpaired) electrons. The van der Waals surface area contributed by atoms with E-state index in [0.29, 0.717) is 0 Å². The maximum atomic E-state index is 4.54. The lowest BCUT2D eigenvalue weighted by atomic mass is 10.1. The molecule has 5 nitrogen and oxygen atoms in total. The molecule has 0 aromatic carbocycles. The number of hydrogen-bond acceptors (Lipinski definition) is 4. The molecule has 0 fully saturated rings. The van der Waals surface area contributed by atoms with Crippen LogP contribution in [0.15, 0.2) is 18.3 Å². The van der Waals surface area contributed by atoms with E-state index in [1.165, 1.54) is 5.56 Å². The standard InChI is InChI=1S/C16H25N5/c1-6-13-19-14(7-2)21(20-13)15-10-12(8-9-17-15)11-18-16(3,4)5/h8-10,18H,6-7,11H2,1-5H3. The van der Waals surface area contributed by atoms with Crippen LogP contribution in [0.3, 0.4) is 0 Å². The van der Waals surface area contributed by atoms with Crippen LogP contribution in [0, 0.1) is 0 Å². The predicted molar refractivity (Wildman–Crippen MR) is 84.5 cm³/mol. The van der Waals surface area contributed by atoms with Crippen molar-refractivity contribution < 1.29 is 0 Å². The van der Waals surface area contributed by atoms with Crippen LogP contribution >= 0.6 is 0 Å². The van der Waals surface area contributed by atoms with Gasteiger partial charge in [0.15, 0.2) is 11.6 Å². The second kappa shape index (κ2) is 6.35. The van der Waals surface area contributed by atoms with E-state index in [1.54, 1.807) is 0 Å². The van der Waals surface area contributed by atoms with Crippen molar-refractivity contribution in [2.24, 2.45) is 0 Å². The minimum Gasteiger partial charge on any atom is -0.308 e. The third-order valence-corrected chi connectivity index (χ3v) is 3.20. The first-order valence-corrected chi connectivity index (χ1v) is 7.58. The molecule has 21 heavy (non-hydrogen) atoms. The number of pyridine rings is 1. The summed E-state index contributed by atoms with van der Waals surface area (Å²) in [5.74, 6) is 2.67. The summed E-state index contributed by atoms with van der Waals surface area (Å²) in [5, 5.41) is 8.03. The minimum atomic E-state index is 0.0979. The first kappa shape index (κ1) is 15.6. The summed E-state index contributed by atoms with van der Waals surface area (Å²) < 4.78 is 1.86. The summed E-state index contributed by atoms with van der Waals surface area (Å²) in [5.41, 5.74) is 1.30. The second-order valence-electron chi connectivity index (χ2n) is 6.19. The van der Waals surface area contributed by atoms with Gasteiger partial charge in [-0.2, -0.15) is 4.68 Å². The van der Waals surface area contributed by atoms with Crippen LogP contribution in [-0.4, -0.2) is 25.3 Å². The number of aromatic nitrogens is 4. The van der Waals surface area contributed by atoms with Crippen molar-refractivity contribution in [1.82, 2.24) is 25.1 Å². The zero-order valence-corrected chi connectivity index (χ0v) is 13.6. The second-order valence-corrected chi connectivity index (χ2v) is 6.19. The molecule has 114 valence electrons. The molecule has 5 heteroatoms. The minimum absolute atomic E-state index is 0.0979. The van der Waals surface area contributed by atoms with Gasteiger partial charge in [-0.1, -0.05) is 13.8 Å². The molecule has 2 rings (SSSR count). The molecule has 0 saturated heterocycles. The van der Waals surface area contributed by atoms with Crippen molar-refractivity contribution >= 4 is 0 Å². The van der Waals surface area contributed by atoms with Crippen molar-refractivity contribution in [3.8, 4) is 5.82 Å². The van der Waals surface area contributed by atoms with Gasteiger partial charge < -0.3 is 5.32 Å². The van der Waals surface area contributed by atoms with Crippen LogP contribution in [0.5, 0.6) is 0 Å². The molecular formula is C16H25N5. The average molecular weight is 287 g/mol. The van der Waals surface area contributed by atoms with Gasteiger partial charge in [-0.25, -0.2) is 9.97 Å². The van der Waals surface area contributed by atoms with Crippen LogP contribution in [0.25, 0.3) is 5.82 Å². The third-order valence-electron chi connectivity index (χ3n) is 3.20. The molecule has 2 heterocycles. The molecular weight excluding hydrogens is 262 g/mol. The van der Waals surface area contributed by atoms with Gasteiger partial charge in [-0.3, -0.25) is 0 Å². The topological polar surface area (TPSA) is 55.6 Å². The Morgan fingerprint density at radius 3 is 2.57 bits per heavy atom. The monoisotopic (exact) mass is 287 g/mol. The highest BCUT2D eigenvalue weighted by Crippen LogP contribution is 2.11. The normalized spacial score (nSPS) is 11.9. The van der Waals surface area contributed by atoms with Crippen molar-refractivity contribution in [2.75, 3.05) is 0 Å². The average Bonchev–Trinajstić information content (AvgIpc) is 2.88. The van der Waals surface area contributed by atoms with Gasteiger partial charge in [0.05, 0.1) is 0 Å². The SMILES string of the molecule is CCc1nc(CC)n(-c2cc(CNC(C)(C)C)ccn2)n1. The van der Waals surface area contributed by atoms with E-state index in [1.807, 2.05) is 16.9 Å². The Morgan fingerprint density at radius 2 is 1.95 bits per heavy atom. The van der Waals surface area contributed by atoms with E-state index in [0.717, 1.165) is 36.9 Å². The number of aryl methyl sites for hydroxylation is 2. The molecule has 0 bridgehead atoms. The Bertz CT molecular complexity index is 595. The van der Waals surface area contributed by atoms with E-state index in [-0.39, 0.29) is 5.54 Å². The smallest absolute Gasteiger partial charge is 0.155 e. The van der Waals surface area contributed by atoms with Gasteiger partial charge in [0.25, 0.3) is 0 Å². The van der Waals surface area contributed by atoms with E-state index < -0.39 is 0 Å². The van der Waals surface area contributed by atoms with Gasteiger partial charge in [0, 0.05) is 31.1 Å². The van der Waals surface area contributed by atoms with E-state index in [9.17, 15) is 0 Å². The third kappa shape index (κ3) is 4.11. The summed E-state index contributed by atoms with van der Waals surface area (Å²) >= 11 is 0. The molecule has 1 N–H and O–H groups in total. The quantitative estimate of drug-likeness (QED) is 0.918. The first-order chi connectivity index (χ1) is 9.93. The maximum absolute atomic E-state index is 4.54. The van der Waals surface area contributed by atoms with E-state index >= 15 is 0 Å². The number of nitrogens with one attached hydrogen (secondary N) is 1. The molecule has 0 saturated carbocycles. The van der Waals surface area contributed by atoms with Gasteiger partial charge in [-0.05, 0) is 38.5 Å². The fraction of sp³-hybridized carbons (Fsp3) is 0.562. The lowest BCUT2D eigenvalue weighted by molar-refractivity contribution is 0.424. The number of hydrogen-bond donors (Lipinski definition) is 1. The first-order valence-electron chi connectivity index (χ1n) is 7.58. The molecule has 0 unspecified atom stereocenters. The fourth-order valence-corrected chi connectivity index (χ4v) is 2.01. The molecule has 2 aromatic rings. The molecule has 0 aliphatic heterocycles. The zero-order chi connectivity index (χ0) is 15.5. The van der Waals surface area contributed by atoms with Crippen LogP contribution in [0.1, 0.15) is 51.8 Å². The van der Waals surface area contributed by atoms with Crippen molar-refractivity contribution in [3.63, 3.8) is 0 Å². The van der Waals surface area contributed by atoms with E-state index in [2.05, 4.69) is 61.1 Å². The van der Waals surface area contributed by atoms with Crippen molar-refractivity contribution in [3.05, 3.63) is 35.5 Å². The van der Waals surface area contributed by atoms with Gasteiger partial charge in [0.2, 0.25) is 0 Å². The van der Waals surface area contributed by atoms with Gasteiger partial charge in [0.1, 0.15) is 5.82 Å². The molecule has 0 atom stereocenters. The Balaban J connectivity index is 2.26. The number of nitrogens with zero attached hydrogens (tertiary/aromatic N) is 4. The maximum Gasteiger partial charge on any atom is 0.155 e. The highest BCUT2D eigenvalue weighted by atomic mass is 15.4. The summed E-state index contributed by atoms with van der Waals surface area (Å²) in [6.07, 6.45) is 3.52. The molecule has 2 aromatic heterocycles. The summed E-state index contributed by atoms with van der Waals surface area (Å²) in [6, 6.07) is 4.11. The van der Waals surface area contributed by atoms with E-state index in [4.69, 9.17) is 0 Å². The summed E-state index contributed by atoms with van der Waals surface area (Å²) in [6.45, 7) is 11.5. The number of rotatable bonds is 5. The highest BCUT2D eigenvalue weighted by molar-refractivity contribution is 5.28. The zero-order valence-electron chi connectivity index (χ0n) is 13.6. The van der Waals surface area contributed by atoms with Crippen molar-refractivity contribution in [1.29, 1.82) is 0 Å². The summed E-state index contributed by atoms with van der Waals surface area (Å²) in [7, 11) is 0. The lowest BCUT2D eigenvalue weighted by Crippen LogP contribution is -2.35. The van der Waals surface area contributed by atoms with Crippen LogP contribution in [-0.2, 0) is 19.4 Å². The molecule has 0 aliphatic rings. The molecule has 0 amide bonds. The van der Waals surface area contributed by atoms with Gasteiger partial charge >= 0.3 is 0 Å². The molecule has 0 aliphatic carbocycles. The fourth-order valence-electron chi connectivity index (χ4n) is 2.01. The predicted octanol–water partition coefficient (Wildman–Crippen LogP) is 2.68. The highest BCUT2D eigenvalue weighted by Gasteiger charge is 2.12. The largest absolute Gasteiger partial charge is 0.308 e. The molecule has 0 spiro atoms.